The molecule has 0 aromatic heterocycles. The second kappa shape index (κ2) is 6.61. The first-order valence-electron chi connectivity index (χ1n) is 6.43. The van der Waals surface area contributed by atoms with Gasteiger partial charge in [0.2, 0.25) is 6.79 Å². The van der Waals surface area contributed by atoms with Gasteiger partial charge < -0.3 is 19.5 Å². The van der Waals surface area contributed by atoms with Crippen LogP contribution in [0.4, 0.5) is 0 Å². The van der Waals surface area contributed by atoms with Gasteiger partial charge in [-0.05, 0) is 44.0 Å². The Labute approximate surface area is 108 Å². The van der Waals surface area contributed by atoms with Crippen molar-refractivity contribution in [1.29, 1.82) is 0 Å². The summed E-state index contributed by atoms with van der Waals surface area (Å²) in [6.07, 6.45) is 2.22. The second-order valence-electron chi connectivity index (χ2n) is 4.49. The standard InChI is InChI=1S/C14H21NO3/c1-11(15-7-3-4-8-16-2)12-5-6-13-14(9-12)18-10-17-13/h5-6,9,11,15H,3-4,7-8,10H2,1-2H3. The van der Waals surface area contributed by atoms with Crippen LogP contribution in [0, 0.1) is 0 Å². The molecule has 0 bridgehead atoms. The van der Waals surface area contributed by atoms with E-state index in [0.29, 0.717) is 12.8 Å². The molecule has 0 saturated carbocycles. The fourth-order valence-electron chi connectivity index (χ4n) is 1.99. The minimum Gasteiger partial charge on any atom is -0.454 e. The van der Waals surface area contributed by atoms with Gasteiger partial charge in [-0.1, -0.05) is 6.07 Å². The molecular formula is C14H21NO3. The van der Waals surface area contributed by atoms with Crippen LogP contribution < -0.4 is 14.8 Å². The Balaban J connectivity index is 1.80. The fraction of sp³-hybridized carbons (Fsp3) is 0.571. The number of hydrogen-bond donors (Lipinski definition) is 1. The van der Waals surface area contributed by atoms with E-state index in [4.69, 9.17) is 14.2 Å². The molecule has 0 aliphatic carbocycles. The Kier molecular flexibility index (Phi) is 4.84. The predicted octanol–water partition coefficient (Wildman–Crippen LogP) is 2.49. The van der Waals surface area contributed by atoms with E-state index < -0.39 is 0 Å². The van der Waals surface area contributed by atoms with Crippen LogP contribution in [0.25, 0.3) is 0 Å². The summed E-state index contributed by atoms with van der Waals surface area (Å²) in [5.41, 5.74) is 1.23. The number of methoxy groups -OCH3 is 1. The third kappa shape index (κ3) is 3.37. The molecule has 4 heteroatoms. The summed E-state index contributed by atoms with van der Waals surface area (Å²) >= 11 is 0. The van der Waals surface area contributed by atoms with Gasteiger partial charge in [-0.15, -0.1) is 0 Å². The SMILES string of the molecule is COCCCCNC(C)c1ccc2c(c1)OCO2. The smallest absolute Gasteiger partial charge is 0.231 e. The first-order valence-corrected chi connectivity index (χ1v) is 6.43. The van der Waals surface area contributed by atoms with Crippen LogP contribution in [0.5, 0.6) is 11.5 Å². The molecule has 1 aromatic carbocycles. The number of nitrogens with one attached hydrogen (secondary N) is 1. The predicted molar refractivity (Wildman–Crippen MR) is 70.1 cm³/mol. The zero-order valence-corrected chi connectivity index (χ0v) is 11.1. The Hall–Kier alpha value is -1.26. The Bertz CT molecular complexity index is 381. The van der Waals surface area contributed by atoms with Crippen molar-refractivity contribution in [3.63, 3.8) is 0 Å². The molecule has 1 unspecified atom stereocenters. The van der Waals surface area contributed by atoms with Gasteiger partial charge in [-0.2, -0.15) is 0 Å². The Morgan fingerprint density at radius 1 is 1.28 bits per heavy atom. The molecule has 1 aliphatic rings. The van der Waals surface area contributed by atoms with E-state index in [1.807, 2.05) is 6.07 Å². The van der Waals surface area contributed by atoms with Crippen LogP contribution in [0.1, 0.15) is 31.4 Å². The molecule has 18 heavy (non-hydrogen) atoms. The second-order valence-corrected chi connectivity index (χ2v) is 4.49. The average molecular weight is 251 g/mol. The van der Waals surface area contributed by atoms with E-state index in [1.165, 1.54) is 5.56 Å². The Morgan fingerprint density at radius 2 is 2.11 bits per heavy atom. The van der Waals surface area contributed by atoms with Crippen LogP contribution in [0.2, 0.25) is 0 Å². The first-order chi connectivity index (χ1) is 8.81. The highest BCUT2D eigenvalue weighted by molar-refractivity contribution is 5.45. The number of unbranched alkanes of at least 4 members (excludes halogenated alkanes) is 1. The highest BCUT2D eigenvalue weighted by Gasteiger charge is 2.15. The number of fused-ring (bicyclic) bond motifs is 1. The molecule has 1 N–H and O–H groups in total. The van der Waals surface area contributed by atoms with E-state index in [0.717, 1.165) is 37.5 Å². The quantitative estimate of drug-likeness (QED) is 0.756. The van der Waals surface area contributed by atoms with Crippen LogP contribution in [0.15, 0.2) is 18.2 Å². The number of benzene rings is 1. The fourth-order valence-corrected chi connectivity index (χ4v) is 1.99. The molecule has 0 saturated heterocycles. The summed E-state index contributed by atoms with van der Waals surface area (Å²) in [6.45, 7) is 4.32. The molecular weight excluding hydrogens is 230 g/mol. The topological polar surface area (TPSA) is 39.7 Å². The molecule has 1 aromatic rings. The lowest BCUT2D eigenvalue weighted by atomic mass is 10.1. The zero-order chi connectivity index (χ0) is 12.8. The molecule has 1 aliphatic heterocycles. The minimum absolute atomic E-state index is 0.321. The summed E-state index contributed by atoms with van der Waals surface area (Å²) in [5, 5.41) is 3.50. The van der Waals surface area contributed by atoms with Crippen molar-refractivity contribution in [2.24, 2.45) is 0 Å². The van der Waals surface area contributed by atoms with Crippen molar-refractivity contribution in [1.82, 2.24) is 5.32 Å². The van der Waals surface area contributed by atoms with E-state index in [1.54, 1.807) is 7.11 Å². The summed E-state index contributed by atoms with van der Waals surface area (Å²) in [4.78, 5) is 0. The van der Waals surface area contributed by atoms with Gasteiger partial charge in [0, 0.05) is 19.8 Å². The van der Waals surface area contributed by atoms with Gasteiger partial charge in [0.15, 0.2) is 11.5 Å². The largest absolute Gasteiger partial charge is 0.454 e. The summed E-state index contributed by atoms with van der Waals surface area (Å²) in [6, 6.07) is 6.43. The molecule has 1 heterocycles. The van der Waals surface area contributed by atoms with Crippen molar-refractivity contribution in [2.45, 2.75) is 25.8 Å². The number of ether oxygens (including phenoxy) is 3. The van der Waals surface area contributed by atoms with Gasteiger partial charge in [0.1, 0.15) is 0 Å². The Morgan fingerprint density at radius 3 is 2.94 bits per heavy atom. The number of rotatable bonds is 7. The van der Waals surface area contributed by atoms with E-state index in [2.05, 4.69) is 24.4 Å². The van der Waals surface area contributed by atoms with Crippen molar-refractivity contribution in [3.05, 3.63) is 23.8 Å². The molecule has 2 rings (SSSR count). The zero-order valence-electron chi connectivity index (χ0n) is 11.1. The van der Waals surface area contributed by atoms with Gasteiger partial charge in [-0.25, -0.2) is 0 Å². The highest BCUT2D eigenvalue weighted by Crippen LogP contribution is 2.34. The van der Waals surface area contributed by atoms with Gasteiger partial charge in [0.05, 0.1) is 0 Å². The maximum absolute atomic E-state index is 5.38. The van der Waals surface area contributed by atoms with Crippen LogP contribution >= 0.6 is 0 Å². The normalized spacial score (nSPS) is 14.8. The lowest BCUT2D eigenvalue weighted by Gasteiger charge is -2.14. The molecule has 4 nitrogen and oxygen atoms in total. The lowest BCUT2D eigenvalue weighted by molar-refractivity contribution is 0.174. The monoisotopic (exact) mass is 251 g/mol. The van der Waals surface area contributed by atoms with Gasteiger partial charge in [-0.3, -0.25) is 0 Å². The molecule has 0 spiro atoms. The van der Waals surface area contributed by atoms with Gasteiger partial charge >= 0.3 is 0 Å². The molecule has 100 valence electrons. The van der Waals surface area contributed by atoms with E-state index >= 15 is 0 Å². The molecule has 0 radical (unpaired) electrons. The lowest BCUT2D eigenvalue weighted by Crippen LogP contribution is -2.20. The average Bonchev–Trinajstić information content (AvgIpc) is 2.85. The van der Waals surface area contributed by atoms with Crippen molar-refractivity contribution < 1.29 is 14.2 Å². The molecule has 0 amide bonds. The first kappa shape index (κ1) is 13.2. The van der Waals surface area contributed by atoms with E-state index in [-0.39, 0.29) is 0 Å². The van der Waals surface area contributed by atoms with Gasteiger partial charge in [0.25, 0.3) is 0 Å². The molecule has 1 atom stereocenters. The summed E-state index contributed by atoms with van der Waals surface area (Å²) in [7, 11) is 1.74. The third-order valence-corrected chi connectivity index (χ3v) is 3.12. The minimum atomic E-state index is 0.321. The van der Waals surface area contributed by atoms with Crippen LogP contribution in [-0.4, -0.2) is 27.1 Å². The maximum Gasteiger partial charge on any atom is 0.231 e. The van der Waals surface area contributed by atoms with Crippen LogP contribution in [-0.2, 0) is 4.74 Å². The van der Waals surface area contributed by atoms with Crippen LogP contribution in [0.3, 0.4) is 0 Å². The van der Waals surface area contributed by atoms with E-state index in [9.17, 15) is 0 Å². The maximum atomic E-state index is 5.38. The summed E-state index contributed by atoms with van der Waals surface area (Å²) < 4.78 is 15.7. The number of hydrogen-bond acceptors (Lipinski definition) is 4. The van der Waals surface area contributed by atoms with Crippen molar-refractivity contribution >= 4 is 0 Å². The molecule has 0 fully saturated rings. The summed E-state index contributed by atoms with van der Waals surface area (Å²) in [5.74, 6) is 1.69. The highest BCUT2D eigenvalue weighted by atomic mass is 16.7. The van der Waals surface area contributed by atoms with Crippen molar-refractivity contribution in [2.75, 3.05) is 27.1 Å². The third-order valence-electron chi connectivity index (χ3n) is 3.12. The van der Waals surface area contributed by atoms with Crippen molar-refractivity contribution in [3.8, 4) is 11.5 Å².